The quantitative estimate of drug-likeness (QED) is 0.552. The van der Waals surface area contributed by atoms with Gasteiger partial charge in [0.25, 0.3) is 0 Å². The highest BCUT2D eigenvalue weighted by Gasteiger charge is 2.20. The van der Waals surface area contributed by atoms with E-state index < -0.39 is 17.9 Å². The lowest BCUT2D eigenvalue weighted by Crippen LogP contribution is -2.40. The Bertz CT molecular complexity index is 731. The molecule has 0 saturated heterocycles. The Morgan fingerprint density at radius 1 is 1.12 bits per heavy atom. The number of carboxylic acid groups (broad SMARTS) is 1. The molecule has 132 valence electrons. The second-order valence-electron chi connectivity index (χ2n) is 5.83. The Balaban J connectivity index is 1.87. The largest absolute Gasteiger partial charge is 0.508 e. The standard InChI is InChI=1S/C19H22N2O4/c1-13-11-15(22)7-8-16(13)21-18(23)12-17(19(24)25)20-10-9-14-5-3-2-4-6-14/h2-8,11,17,20,22H,9-10,12H2,1H3,(H,21,23)(H,24,25)/t17-/m0/s1. The van der Waals surface area contributed by atoms with Crippen LogP contribution in [0, 0.1) is 6.92 Å². The first-order valence-electron chi connectivity index (χ1n) is 8.05. The first-order valence-corrected chi connectivity index (χ1v) is 8.05. The summed E-state index contributed by atoms with van der Waals surface area (Å²) in [6, 6.07) is 13.3. The molecular weight excluding hydrogens is 320 g/mol. The van der Waals surface area contributed by atoms with Gasteiger partial charge in [-0.2, -0.15) is 0 Å². The maximum absolute atomic E-state index is 12.1. The molecule has 0 bridgehead atoms. The van der Waals surface area contributed by atoms with Gasteiger partial charge in [0.1, 0.15) is 11.8 Å². The summed E-state index contributed by atoms with van der Waals surface area (Å²) in [5.41, 5.74) is 2.36. The molecule has 0 aliphatic heterocycles. The molecule has 1 amide bonds. The lowest BCUT2D eigenvalue weighted by atomic mass is 10.1. The molecule has 0 heterocycles. The van der Waals surface area contributed by atoms with Gasteiger partial charge >= 0.3 is 5.97 Å². The van der Waals surface area contributed by atoms with Crippen LogP contribution in [0.1, 0.15) is 17.5 Å². The lowest BCUT2D eigenvalue weighted by molar-refractivity contribution is -0.141. The Labute approximate surface area is 146 Å². The van der Waals surface area contributed by atoms with E-state index in [9.17, 15) is 19.8 Å². The van der Waals surface area contributed by atoms with Gasteiger partial charge in [0, 0.05) is 5.69 Å². The number of anilines is 1. The average Bonchev–Trinajstić information content (AvgIpc) is 2.57. The number of aliphatic carboxylic acids is 1. The van der Waals surface area contributed by atoms with Crippen LogP contribution in [0.3, 0.4) is 0 Å². The molecule has 2 aromatic carbocycles. The van der Waals surface area contributed by atoms with Crippen LogP contribution in [0.2, 0.25) is 0 Å². The van der Waals surface area contributed by atoms with E-state index in [0.29, 0.717) is 24.2 Å². The highest BCUT2D eigenvalue weighted by Crippen LogP contribution is 2.20. The van der Waals surface area contributed by atoms with Crippen molar-refractivity contribution in [3.05, 3.63) is 59.7 Å². The summed E-state index contributed by atoms with van der Waals surface area (Å²) in [6.07, 6.45) is 0.508. The van der Waals surface area contributed by atoms with Crippen LogP contribution in [0.4, 0.5) is 5.69 Å². The molecule has 0 unspecified atom stereocenters. The van der Waals surface area contributed by atoms with Crippen molar-refractivity contribution < 1.29 is 19.8 Å². The molecule has 6 heteroatoms. The molecule has 6 nitrogen and oxygen atoms in total. The van der Waals surface area contributed by atoms with Crippen LogP contribution in [-0.2, 0) is 16.0 Å². The molecule has 4 N–H and O–H groups in total. The van der Waals surface area contributed by atoms with E-state index in [2.05, 4.69) is 10.6 Å². The minimum atomic E-state index is -1.06. The molecule has 0 spiro atoms. The number of carbonyl (C=O) groups is 2. The van der Waals surface area contributed by atoms with Gasteiger partial charge in [0.2, 0.25) is 5.91 Å². The fourth-order valence-electron chi connectivity index (χ4n) is 2.46. The molecule has 0 saturated carbocycles. The zero-order valence-electron chi connectivity index (χ0n) is 14.0. The third-order valence-corrected chi connectivity index (χ3v) is 3.82. The second-order valence-corrected chi connectivity index (χ2v) is 5.83. The molecule has 0 aliphatic rings. The minimum absolute atomic E-state index is 0.112. The zero-order chi connectivity index (χ0) is 18.2. The van der Waals surface area contributed by atoms with Crippen LogP contribution in [-0.4, -0.2) is 34.7 Å². The molecule has 0 radical (unpaired) electrons. The fourth-order valence-corrected chi connectivity index (χ4v) is 2.46. The molecule has 25 heavy (non-hydrogen) atoms. The number of amides is 1. The number of carbonyl (C=O) groups excluding carboxylic acids is 1. The number of nitrogens with one attached hydrogen (secondary N) is 2. The van der Waals surface area contributed by atoms with E-state index >= 15 is 0 Å². The van der Waals surface area contributed by atoms with Crippen LogP contribution in [0.15, 0.2) is 48.5 Å². The minimum Gasteiger partial charge on any atom is -0.508 e. The smallest absolute Gasteiger partial charge is 0.321 e. The highest BCUT2D eigenvalue weighted by atomic mass is 16.4. The maximum atomic E-state index is 12.1. The van der Waals surface area contributed by atoms with E-state index in [0.717, 1.165) is 5.56 Å². The van der Waals surface area contributed by atoms with E-state index in [1.165, 1.54) is 12.1 Å². The summed E-state index contributed by atoms with van der Waals surface area (Å²) < 4.78 is 0. The van der Waals surface area contributed by atoms with Crippen molar-refractivity contribution in [1.82, 2.24) is 5.32 Å². The molecule has 2 rings (SSSR count). The number of phenolic OH excluding ortho intramolecular Hbond substituents is 1. The summed E-state index contributed by atoms with van der Waals surface area (Å²) in [5.74, 6) is -1.35. The molecule has 0 fully saturated rings. The van der Waals surface area contributed by atoms with E-state index in [1.54, 1.807) is 13.0 Å². The first kappa shape index (κ1) is 18.5. The summed E-state index contributed by atoms with van der Waals surface area (Å²) in [6.45, 7) is 2.22. The van der Waals surface area contributed by atoms with Gasteiger partial charge in [-0.3, -0.25) is 9.59 Å². The molecule has 2 aromatic rings. The van der Waals surface area contributed by atoms with Crippen molar-refractivity contribution in [2.75, 3.05) is 11.9 Å². The topological polar surface area (TPSA) is 98.7 Å². The number of rotatable bonds is 8. The van der Waals surface area contributed by atoms with Crippen molar-refractivity contribution in [3.63, 3.8) is 0 Å². The molecule has 0 aliphatic carbocycles. The van der Waals surface area contributed by atoms with Crippen molar-refractivity contribution in [2.24, 2.45) is 0 Å². The number of phenols is 1. The molecule has 1 atom stereocenters. The van der Waals surface area contributed by atoms with Crippen LogP contribution < -0.4 is 10.6 Å². The van der Waals surface area contributed by atoms with Gasteiger partial charge in [-0.1, -0.05) is 30.3 Å². The van der Waals surface area contributed by atoms with Crippen molar-refractivity contribution >= 4 is 17.6 Å². The van der Waals surface area contributed by atoms with E-state index in [4.69, 9.17) is 0 Å². The van der Waals surface area contributed by atoms with Crippen molar-refractivity contribution in [1.29, 1.82) is 0 Å². The summed E-state index contributed by atoms with van der Waals surface area (Å²) in [5, 5.41) is 24.3. The van der Waals surface area contributed by atoms with Crippen molar-refractivity contribution in [3.8, 4) is 5.75 Å². The predicted octanol–water partition coefficient (Wildman–Crippen LogP) is 2.31. The number of hydrogen-bond acceptors (Lipinski definition) is 4. The summed E-state index contributed by atoms with van der Waals surface area (Å²) in [7, 11) is 0. The number of aromatic hydroxyl groups is 1. The van der Waals surface area contributed by atoms with E-state index in [-0.39, 0.29) is 12.2 Å². The van der Waals surface area contributed by atoms with Gasteiger partial charge < -0.3 is 20.8 Å². The van der Waals surface area contributed by atoms with Gasteiger partial charge in [-0.05, 0) is 49.2 Å². The SMILES string of the molecule is Cc1cc(O)ccc1NC(=O)C[C@H](NCCc1ccccc1)C(=O)O. The van der Waals surface area contributed by atoms with Gasteiger partial charge in [-0.15, -0.1) is 0 Å². The van der Waals surface area contributed by atoms with Crippen molar-refractivity contribution in [2.45, 2.75) is 25.8 Å². The normalized spacial score (nSPS) is 11.7. The summed E-state index contributed by atoms with van der Waals surface area (Å²) in [4.78, 5) is 23.5. The first-order chi connectivity index (χ1) is 12.0. The Hall–Kier alpha value is -2.86. The van der Waals surface area contributed by atoms with Crippen LogP contribution in [0.5, 0.6) is 5.75 Å². The third-order valence-electron chi connectivity index (χ3n) is 3.82. The number of benzene rings is 2. The van der Waals surface area contributed by atoms with Crippen LogP contribution in [0.25, 0.3) is 0 Å². The van der Waals surface area contributed by atoms with E-state index in [1.807, 2.05) is 30.3 Å². The summed E-state index contributed by atoms with van der Waals surface area (Å²) >= 11 is 0. The Kier molecular flexibility index (Phi) is 6.54. The number of aryl methyl sites for hydroxylation is 1. The number of hydrogen-bond donors (Lipinski definition) is 4. The Morgan fingerprint density at radius 3 is 2.48 bits per heavy atom. The molecular formula is C19H22N2O4. The van der Waals surface area contributed by atoms with Gasteiger partial charge in [0.05, 0.1) is 6.42 Å². The zero-order valence-corrected chi connectivity index (χ0v) is 14.0. The van der Waals surface area contributed by atoms with Gasteiger partial charge in [0.15, 0.2) is 0 Å². The van der Waals surface area contributed by atoms with Crippen LogP contribution >= 0.6 is 0 Å². The van der Waals surface area contributed by atoms with Gasteiger partial charge in [-0.25, -0.2) is 0 Å². The lowest BCUT2D eigenvalue weighted by Gasteiger charge is -2.15. The second kappa shape index (κ2) is 8.84. The number of carboxylic acids is 1. The highest BCUT2D eigenvalue weighted by molar-refractivity contribution is 5.94. The third kappa shape index (κ3) is 5.93. The predicted molar refractivity (Wildman–Crippen MR) is 95.7 cm³/mol. The maximum Gasteiger partial charge on any atom is 0.321 e. The molecule has 0 aromatic heterocycles. The fraction of sp³-hybridized carbons (Fsp3) is 0.263. The monoisotopic (exact) mass is 342 g/mol. The average molecular weight is 342 g/mol. The Morgan fingerprint density at radius 2 is 1.84 bits per heavy atom.